The van der Waals surface area contributed by atoms with Crippen LogP contribution in [0.2, 0.25) is 0 Å². The molecule has 0 saturated heterocycles. The molecule has 0 fully saturated rings. The standard InChI is InChI=1S/C12H14N2O3S/c1-2-18(17)7-6-14-8-13-11-9(12(15)16)4-3-5-10(11)14/h3-5,8H,2,6-7H2,1H3,(H,15,16). The van der Waals surface area contributed by atoms with Crippen molar-refractivity contribution in [3.8, 4) is 0 Å². The zero-order valence-corrected chi connectivity index (χ0v) is 10.8. The van der Waals surface area contributed by atoms with E-state index in [1.54, 1.807) is 12.4 Å². The summed E-state index contributed by atoms with van der Waals surface area (Å²) in [5.41, 5.74) is 1.44. The molecule has 1 aromatic carbocycles. The molecule has 0 aliphatic heterocycles. The van der Waals surface area contributed by atoms with Crippen LogP contribution in [0.3, 0.4) is 0 Å². The smallest absolute Gasteiger partial charge is 0.337 e. The van der Waals surface area contributed by atoms with Crippen LogP contribution in [0, 0.1) is 0 Å². The number of nitrogens with zero attached hydrogens (tertiary/aromatic N) is 2. The Kier molecular flexibility index (Phi) is 3.76. The van der Waals surface area contributed by atoms with Crippen molar-refractivity contribution >= 4 is 27.8 Å². The van der Waals surface area contributed by atoms with Gasteiger partial charge in [0.15, 0.2) is 0 Å². The molecule has 2 rings (SSSR count). The first-order valence-electron chi connectivity index (χ1n) is 5.65. The van der Waals surface area contributed by atoms with Crippen LogP contribution in [-0.4, -0.2) is 36.3 Å². The molecule has 1 atom stereocenters. The van der Waals surface area contributed by atoms with Gasteiger partial charge in [0, 0.05) is 28.9 Å². The van der Waals surface area contributed by atoms with Gasteiger partial charge in [-0.05, 0) is 12.1 Å². The highest BCUT2D eigenvalue weighted by Crippen LogP contribution is 2.17. The van der Waals surface area contributed by atoms with Crippen LogP contribution in [0.5, 0.6) is 0 Å². The molecule has 0 amide bonds. The van der Waals surface area contributed by atoms with Gasteiger partial charge in [0.2, 0.25) is 0 Å². The topological polar surface area (TPSA) is 72.2 Å². The van der Waals surface area contributed by atoms with Gasteiger partial charge in [0.1, 0.15) is 5.52 Å². The van der Waals surface area contributed by atoms with E-state index in [-0.39, 0.29) is 5.56 Å². The van der Waals surface area contributed by atoms with Gasteiger partial charge in [-0.2, -0.15) is 0 Å². The van der Waals surface area contributed by atoms with Crippen molar-refractivity contribution in [3.05, 3.63) is 30.1 Å². The Labute approximate surface area is 107 Å². The third kappa shape index (κ3) is 2.43. The summed E-state index contributed by atoms with van der Waals surface area (Å²) in [5, 5.41) is 9.05. The zero-order chi connectivity index (χ0) is 13.1. The summed E-state index contributed by atoms with van der Waals surface area (Å²) in [6, 6.07) is 5.05. The maximum absolute atomic E-state index is 11.4. The molecule has 96 valence electrons. The van der Waals surface area contributed by atoms with Crippen molar-refractivity contribution in [1.82, 2.24) is 9.55 Å². The SMILES string of the molecule is CCS(=O)CCn1cnc2c(C(=O)O)cccc21. The molecule has 0 bridgehead atoms. The molecule has 0 aliphatic carbocycles. The summed E-state index contributed by atoms with van der Waals surface area (Å²) < 4.78 is 13.2. The molecule has 1 heterocycles. The molecule has 0 spiro atoms. The van der Waals surface area contributed by atoms with Crippen LogP contribution < -0.4 is 0 Å². The molecule has 1 N–H and O–H groups in total. The van der Waals surface area contributed by atoms with Crippen LogP contribution >= 0.6 is 0 Å². The number of rotatable bonds is 5. The number of hydrogen-bond acceptors (Lipinski definition) is 3. The number of carboxylic acid groups (broad SMARTS) is 1. The minimum atomic E-state index is -0.983. The lowest BCUT2D eigenvalue weighted by molar-refractivity contribution is 0.0699. The second-order valence-electron chi connectivity index (χ2n) is 3.85. The van der Waals surface area contributed by atoms with Gasteiger partial charge in [-0.1, -0.05) is 13.0 Å². The Bertz CT molecular complexity index is 606. The van der Waals surface area contributed by atoms with Crippen molar-refractivity contribution in [2.75, 3.05) is 11.5 Å². The third-order valence-electron chi connectivity index (χ3n) is 2.76. The molecular formula is C12H14N2O3S. The molecule has 0 radical (unpaired) electrons. The predicted molar refractivity (Wildman–Crippen MR) is 70.2 cm³/mol. The number of fused-ring (bicyclic) bond motifs is 1. The van der Waals surface area contributed by atoms with Gasteiger partial charge < -0.3 is 9.67 Å². The first-order valence-corrected chi connectivity index (χ1v) is 7.14. The second kappa shape index (κ2) is 5.30. The molecule has 0 saturated carbocycles. The fraction of sp³-hybridized carbons (Fsp3) is 0.333. The quantitative estimate of drug-likeness (QED) is 0.890. The molecule has 0 aliphatic rings. The van der Waals surface area contributed by atoms with Crippen molar-refractivity contribution < 1.29 is 14.1 Å². The van der Waals surface area contributed by atoms with E-state index in [9.17, 15) is 9.00 Å². The molecule has 18 heavy (non-hydrogen) atoms. The number of carbonyl (C=O) groups is 1. The maximum atomic E-state index is 11.4. The van der Waals surface area contributed by atoms with Crippen molar-refractivity contribution in [3.63, 3.8) is 0 Å². The van der Waals surface area contributed by atoms with Crippen LogP contribution in [0.25, 0.3) is 11.0 Å². The Hall–Kier alpha value is -1.69. The van der Waals surface area contributed by atoms with E-state index in [4.69, 9.17) is 5.11 Å². The van der Waals surface area contributed by atoms with E-state index in [1.807, 2.05) is 17.6 Å². The van der Waals surface area contributed by atoms with Gasteiger partial charge in [0.25, 0.3) is 0 Å². The largest absolute Gasteiger partial charge is 0.478 e. The Morgan fingerprint density at radius 1 is 1.50 bits per heavy atom. The van der Waals surface area contributed by atoms with Crippen LogP contribution in [0.4, 0.5) is 0 Å². The van der Waals surface area contributed by atoms with Crippen molar-refractivity contribution in [1.29, 1.82) is 0 Å². The lowest BCUT2D eigenvalue weighted by atomic mass is 10.2. The summed E-state index contributed by atoms with van der Waals surface area (Å²) in [7, 11) is -0.834. The van der Waals surface area contributed by atoms with Crippen molar-refractivity contribution in [2.24, 2.45) is 0 Å². The molecule has 2 aromatic rings. The van der Waals surface area contributed by atoms with Gasteiger partial charge in [-0.15, -0.1) is 0 Å². The first-order chi connectivity index (χ1) is 8.63. The fourth-order valence-electron chi connectivity index (χ4n) is 1.78. The predicted octanol–water partition coefficient (Wildman–Crippen LogP) is 1.50. The first kappa shape index (κ1) is 12.8. The van der Waals surface area contributed by atoms with E-state index in [1.165, 1.54) is 6.07 Å². The van der Waals surface area contributed by atoms with Crippen molar-refractivity contribution in [2.45, 2.75) is 13.5 Å². The molecule has 6 heteroatoms. The van der Waals surface area contributed by atoms with E-state index in [0.29, 0.717) is 23.6 Å². The highest BCUT2D eigenvalue weighted by atomic mass is 32.2. The number of aromatic nitrogens is 2. The summed E-state index contributed by atoms with van der Waals surface area (Å²) >= 11 is 0. The van der Waals surface area contributed by atoms with E-state index in [0.717, 1.165) is 5.52 Å². The van der Waals surface area contributed by atoms with Crippen LogP contribution in [0.1, 0.15) is 17.3 Å². The Morgan fingerprint density at radius 3 is 2.94 bits per heavy atom. The normalized spacial score (nSPS) is 12.7. The number of para-hydroxylation sites is 1. The summed E-state index contributed by atoms with van der Waals surface area (Å²) in [5.74, 6) is 0.203. The summed E-state index contributed by atoms with van der Waals surface area (Å²) in [6.07, 6.45) is 1.60. The Balaban J connectivity index is 2.34. The molecule has 1 unspecified atom stereocenters. The van der Waals surface area contributed by atoms with Crippen LogP contribution in [-0.2, 0) is 17.3 Å². The number of hydrogen-bond donors (Lipinski definition) is 1. The van der Waals surface area contributed by atoms with Gasteiger partial charge in [-0.3, -0.25) is 4.21 Å². The van der Waals surface area contributed by atoms with Gasteiger partial charge >= 0.3 is 5.97 Å². The van der Waals surface area contributed by atoms with Gasteiger partial charge in [-0.25, -0.2) is 9.78 Å². The molecule has 1 aromatic heterocycles. The van der Waals surface area contributed by atoms with E-state index < -0.39 is 16.8 Å². The number of aryl methyl sites for hydroxylation is 1. The highest BCUT2D eigenvalue weighted by Gasteiger charge is 2.12. The lowest BCUT2D eigenvalue weighted by Crippen LogP contribution is -2.08. The maximum Gasteiger partial charge on any atom is 0.337 e. The minimum Gasteiger partial charge on any atom is -0.478 e. The van der Waals surface area contributed by atoms with Crippen LogP contribution in [0.15, 0.2) is 24.5 Å². The van der Waals surface area contributed by atoms with Gasteiger partial charge in [0.05, 0.1) is 17.4 Å². The average molecular weight is 266 g/mol. The Morgan fingerprint density at radius 2 is 2.28 bits per heavy atom. The van der Waals surface area contributed by atoms with E-state index in [2.05, 4.69) is 4.98 Å². The third-order valence-corrected chi connectivity index (χ3v) is 4.04. The average Bonchev–Trinajstić information content (AvgIpc) is 2.78. The summed E-state index contributed by atoms with van der Waals surface area (Å²) in [4.78, 5) is 15.2. The number of aromatic carboxylic acids is 1. The summed E-state index contributed by atoms with van der Waals surface area (Å²) in [6.45, 7) is 2.46. The highest BCUT2D eigenvalue weighted by molar-refractivity contribution is 7.84. The molecule has 5 nitrogen and oxygen atoms in total. The lowest BCUT2D eigenvalue weighted by Gasteiger charge is -2.03. The fourth-order valence-corrected chi connectivity index (χ4v) is 2.47. The second-order valence-corrected chi connectivity index (χ2v) is 5.71. The number of carboxylic acids is 1. The number of benzene rings is 1. The number of imidazole rings is 1. The van der Waals surface area contributed by atoms with E-state index >= 15 is 0 Å². The molecular weight excluding hydrogens is 252 g/mol. The minimum absolute atomic E-state index is 0.197. The zero-order valence-electron chi connectivity index (χ0n) is 10.00. The monoisotopic (exact) mass is 266 g/mol.